The van der Waals surface area contributed by atoms with Crippen molar-refractivity contribution in [3.05, 3.63) is 113 Å². The van der Waals surface area contributed by atoms with Crippen molar-refractivity contribution >= 4 is 31.0 Å². The summed E-state index contributed by atoms with van der Waals surface area (Å²) in [5.41, 5.74) is 4.79. The molecule has 1 atom stereocenters. The lowest BCUT2D eigenvalue weighted by Gasteiger charge is -2.40. The van der Waals surface area contributed by atoms with Crippen LogP contribution in [0.5, 0.6) is 11.5 Å². The minimum atomic E-state index is -4.81. The first-order valence-corrected chi connectivity index (χ1v) is 19.2. The number of hydrogen-bond acceptors (Lipinski definition) is 8. The fourth-order valence-corrected chi connectivity index (χ4v) is 7.72. The molecule has 0 bridgehead atoms. The van der Waals surface area contributed by atoms with Crippen LogP contribution in [0.2, 0.25) is 0 Å². The van der Waals surface area contributed by atoms with E-state index in [-0.39, 0.29) is 34.6 Å². The molecule has 4 heterocycles. The van der Waals surface area contributed by atoms with E-state index in [2.05, 4.69) is 16.1 Å². The molecule has 0 radical (unpaired) electrons. The van der Waals surface area contributed by atoms with E-state index in [1.807, 2.05) is 23.1 Å². The molecule has 14 nitrogen and oxygen atoms in total. The number of rotatable bonds is 10. The van der Waals surface area contributed by atoms with Gasteiger partial charge in [-0.1, -0.05) is 24.3 Å². The van der Waals surface area contributed by atoms with Gasteiger partial charge in [-0.3, -0.25) is 33.9 Å². The zero-order valence-electron chi connectivity index (χ0n) is 30.9. The van der Waals surface area contributed by atoms with Gasteiger partial charge >= 0.3 is 7.82 Å². The molecule has 2 aliphatic rings. The Morgan fingerprint density at radius 1 is 1.00 bits per heavy atom. The summed E-state index contributed by atoms with van der Waals surface area (Å²) < 4.78 is 46.1. The van der Waals surface area contributed by atoms with Crippen molar-refractivity contribution in [2.45, 2.75) is 25.9 Å². The van der Waals surface area contributed by atoms with Gasteiger partial charge in [0.1, 0.15) is 5.75 Å². The number of hydrogen-bond donors (Lipinski definition) is 2. The number of morpholine rings is 1. The molecule has 16 heteroatoms. The Labute approximate surface area is 317 Å². The van der Waals surface area contributed by atoms with E-state index in [1.165, 1.54) is 64.9 Å². The third-order valence-corrected chi connectivity index (χ3v) is 10.7. The lowest BCUT2D eigenvalue weighted by atomic mass is 9.92. The molecule has 0 aliphatic carbocycles. The van der Waals surface area contributed by atoms with E-state index in [0.29, 0.717) is 61.1 Å². The van der Waals surface area contributed by atoms with Crippen molar-refractivity contribution in [1.82, 2.24) is 24.1 Å². The van der Waals surface area contributed by atoms with Crippen LogP contribution < -0.4 is 14.2 Å². The van der Waals surface area contributed by atoms with Crippen LogP contribution in [-0.4, -0.2) is 91.7 Å². The van der Waals surface area contributed by atoms with Crippen LogP contribution in [-0.2, 0) is 36.4 Å². The van der Waals surface area contributed by atoms with Crippen LogP contribution in [0.1, 0.15) is 37.5 Å². The molecular weight excluding hydrogens is 730 g/mol. The number of halogens is 1. The summed E-state index contributed by atoms with van der Waals surface area (Å²) in [6.45, 7) is 5.55. The Morgan fingerprint density at radius 2 is 1.71 bits per heavy atom. The van der Waals surface area contributed by atoms with Crippen LogP contribution in [0.15, 0.2) is 79.1 Å². The molecule has 0 unspecified atom stereocenters. The van der Waals surface area contributed by atoms with Crippen molar-refractivity contribution in [3.8, 4) is 22.8 Å². The molecular formula is C39H42FN6O8P. The number of carbonyl (C=O) groups is 2. The Morgan fingerprint density at radius 3 is 2.36 bits per heavy atom. The Bertz CT molecular complexity index is 2280. The maximum absolute atomic E-state index is 15.7. The molecule has 1 fully saturated rings. The predicted octanol–water partition coefficient (Wildman–Crippen LogP) is 5.23. The number of ether oxygens (including phenoxy) is 2. The van der Waals surface area contributed by atoms with Gasteiger partial charge in [0, 0.05) is 75.2 Å². The monoisotopic (exact) mass is 772 g/mol. The number of benzene rings is 3. The number of nitrogens with zero attached hydrogens (tertiary/aromatic N) is 6. The van der Waals surface area contributed by atoms with E-state index >= 15 is 4.39 Å². The van der Waals surface area contributed by atoms with Crippen molar-refractivity contribution in [2.24, 2.45) is 14.1 Å². The van der Waals surface area contributed by atoms with E-state index < -0.39 is 19.5 Å². The van der Waals surface area contributed by atoms with Crippen molar-refractivity contribution < 1.29 is 42.3 Å². The van der Waals surface area contributed by atoms with E-state index in [4.69, 9.17) is 14.0 Å². The van der Waals surface area contributed by atoms with Gasteiger partial charge in [0.05, 0.1) is 43.3 Å². The second-order valence-electron chi connectivity index (χ2n) is 13.7. The van der Waals surface area contributed by atoms with Crippen molar-refractivity contribution in [2.75, 3.05) is 44.9 Å². The average Bonchev–Trinajstić information content (AvgIpc) is 3.72. The average molecular weight is 773 g/mol. The van der Waals surface area contributed by atoms with Gasteiger partial charge in [0.2, 0.25) is 0 Å². The highest BCUT2D eigenvalue weighted by Crippen LogP contribution is 2.40. The highest BCUT2D eigenvalue weighted by molar-refractivity contribution is 7.46. The number of phosphoric ester groups is 1. The second-order valence-corrected chi connectivity index (χ2v) is 14.8. The van der Waals surface area contributed by atoms with E-state index in [9.17, 15) is 23.9 Å². The molecule has 2 N–H and O–H groups in total. The van der Waals surface area contributed by atoms with Gasteiger partial charge < -0.3 is 23.5 Å². The summed E-state index contributed by atoms with van der Waals surface area (Å²) in [6.07, 6.45) is 3.82. The summed E-state index contributed by atoms with van der Waals surface area (Å²) in [5, 5.41) is 4.24. The van der Waals surface area contributed by atoms with Crippen LogP contribution in [0.4, 0.5) is 15.8 Å². The summed E-state index contributed by atoms with van der Waals surface area (Å²) in [7, 11) is 0.000983. The maximum Gasteiger partial charge on any atom is 0.524 e. The quantitative estimate of drug-likeness (QED) is 0.181. The number of aryl methyl sites for hydroxylation is 1. The smallest absolute Gasteiger partial charge is 0.494 e. The van der Waals surface area contributed by atoms with E-state index in [1.54, 1.807) is 37.8 Å². The lowest BCUT2D eigenvalue weighted by molar-refractivity contribution is 0.0193. The summed E-state index contributed by atoms with van der Waals surface area (Å²) >= 11 is 0. The van der Waals surface area contributed by atoms with Gasteiger partial charge in [0.15, 0.2) is 11.6 Å². The molecule has 55 heavy (non-hydrogen) atoms. The molecule has 2 aliphatic heterocycles. The third-order valence-electron chi connectivity index (χ3n) is 10.2. The third kappa shape index (κ3) is 7.93. The number of amides is 2. The number of aromatic nitrogens is 3. The second kappa shape index (κ2) is 15.4. The largest absolute Gasteiger partial charge is 0.524 e. The molecule has 0 spiro atoms. The number of phosphoric acid groups is 1. The van der Waals surface area contributed by atoms with Crippen LogP contribution in [0, 0.1) is 12.7 Å². The van der Waals surface area contributed by atoms with Crippen LogP contribution >= 0.6 is 7.82 Å². The summed E-state index contributed by atoms with van der Waals surface area (Å²) in [4.78, 5) is 53.6. The zero-order valence-corrected chi connectivity index (χ0v) is 31.8. The molecule has 3 aromatic carbocycles. The standard InChI is InChI=1S/C39H42FN6O8P/c1-25-32(39(48)46(30-21-41-42(2)23-30)28-9-11-31(12-10-28)54-55(49,50)51)19-36(43(25)3)33-18-35(40)37(52-4)20-34(33)38(47)45-22-27-8-6-5-7-26(27)17-29(45)24-44-13-15-53-16-14-44/h5-12,18-21,23,29H,13-17,22,24H2,1-4H3,(H2,49,50,51)/t29-/m0/s1. The number of fused-ring (bicyclic) bond motifs is 1. The van der Waals surface area contributed by atoms with E-state index in [0.717, 1.165) is 18.7 Å². The Hall–Kier alpha value is -5.31. The SMILES string of the molecule is COc1cc(C(=O)N2Cc3ccccc3C[C@H]2CN2CCOCC2)c(-c2cc(C(=O)N(c3ccc(OP(=O)(O)O)cc3)c3cnn(C)c3)c(C)n2C)cc1F. The van der Waals surface area contributed by atoms with Crippen molar-refractivity contribution in [3.63, 3.8) is 0 Å². The van der Waals surface area contributed by atoms with Crippen LogP contribution in [0.25, 0.3) is 11.3 Å². The minimum absolute atomic E-state index is 0.0783. The Kier molecular flexibility index (Phi) is 10.7. The molecule has 5 aromatic rings. The predicted molar refractivity (Wildman–Crippen MR) is 202 cm³/mol. The zero-order chi connectivity index (χ0) is 39.0. The Balaban J connectivity index is 1.29. The number of anilines is 2. The highest BCUT2D eigenvalue weighted by atomic mass is 31.2. The molecule has 2 amide bonds. The molecule has 7 rings (SSSR count). The molecule has 288 valence electrons. The first kappa shape index (κ1) is 38.0. The summed E-state index contributed by atoms with van der Waals surface area (Å²) in [6, 6.07) is 18.0. The molecule has 1 saturated heterocycles. The topological polar surface area (TPSA) is 152 Å². The lowest BCUT2D eigenvalue weighted by Crippen LogP contribution is -2.52. The molecule has 2 aromatic heterocycles. The fraction of sp³-hybridized carbons (Fsp3) is 0.308. The normalized spacial score (nSPS) is 16.1. The van der Waals surface area contributed by atoms with Crippen LogP contribution in [0.3, 0.4) is 0 Å². The van der Waals surface area contributed by atoms with Gasteiger partial charge in [-0.15, -0.1) is 0 Å². The molecule has 0 saturated carbocycles. The first-order valence-electron chi connectivity index (χ1n) is 17.7. The number of carbonyl (C=O) groups excluding carboxylic acids is 2. The van der Waals surface area contributed by atoms with Gasteiger partial charge in [-0.05, 0) is 66.9 Å². The summed E-state index contributed by atoms with van der Waals surface area (Å²) in [5.74, 6) is -1.58. The van der Waals surface area contributed by atoms with Gasteiger partial charge in [-0.25, -0.2) is 8.96 Å². The highest BCUT2D eigenvalue weighted by Gasteiger charge is 2.35. The van der Waals surface area contributed by atoms with Gasteiger partial charge in [0.25, 0.3) is 11.8 Å². The minimum Gasteiger partial charge on any atom is -0.494 e. The van der Waals surface area contributed by atoms with Crippen molar-refractivity contribution in [1.29, 1.82) is 0 Å². The first-order chi connectivity index (χ1) is 26.3. The van der Waals surface area contributed by atoms with Gasteiger partial charge in [-0.2, -0.15) is 5.10 Å². The number of methoxy groups -OCH3 is 1. The maximum atomic E-state index is 15.7. The fourth-order valence-electron chi connectivity index (χ4n) is 7.32.